The first-order chi connectivity index (χ1) is 11.4. The smallest absolute Gasteiger partial charge is 0.322 e. The maximum absolute atomic E-state index is 13.7. The lowest BCUT2D eigenvalue weighted by Crippen LogP contribution is -2.12. The predicted octanol–water partition coefficient (Wildman–Crippen LogP) is 4.57. The number of halogens is 4. The zero-order valence-corrected chi connectivity index (χ0v) is 13.2. The average Bonchev–Trinajstić information content (AvgIpc) is 2.97. The van der Waals surface area contributed by atoms with E-state index in [9.17, 15) is 13.6 Å². The van der Waals surface area contributed by atoms with Gasteiger partial charge in [-0.3, -0.25) is 10.1 Å². The Morgan fingerprint density at radius 3 is 2.62 bits per heavy atom. The lowest BCUT2D eigenvalue weighted by Gasteiger charge is -2.03. The number of amides is 1. The molecule has 0 spiro atoms. The largest absolute Gasteiger partial charge is 0.403 e. The molecule has 24 heavy (non-hydrogen) atoms. The quantitative estimate of drug-likeness (QED) is 0.733. The van der Waals surface area contributed by atoms with Gasteiger partial charge < -0.3 is 4.42 Å². The number of benzene rings is 2. The van der Waals surface area contributed by atoms with Crippen LogP contribution in [0, 0.1) is 11.6 Å². The molecule has 1 aromatic heterocycles. The van der Waals surface area contributed by atoms with E-state index in [2.05, 4.69) is 15.5 Å². The summed E-state index contributed by atoms with van der Waals surface area (Å²) in [5.41, 5.74) is 0.0158. The fourth-order valence-electron chi connectivity index (χ4n) is 1.88. The second-order valence-corrected chi connectivity index (χ2v) is 5.46. The molecule has 1 N–H and O–H groups in total. The van der Waals surface area contributed by atoms with Crippen molar-refractivity contribution in [3.63, 3.8) is 0 Å². The second-order valence-electron chi connectivity index (χ2n) is 4.61. The van der Waals surface area contributed by atoms with Gasteiger partial charge in [0.25, 0.3) is 11.8 Å². The summed E-state index contributed by atoms with van der Waals surface area (Å²) in [4.78, 5) is 12.1. The molecule has 0 atom stereocenters. The number of carbonyl (C=O) groups is 1. The van der Waals surface area contributed by atoms with Crippen molar-refractivity contribution in [3.05, 3.63) is 63.6 Å². The maximum Gasteiger partial charge on any atom is 0.322 e. The number of hydrogen-bond donors (Lipinski definition) is 1. The van der Waals surface area contributed by atoms with Gasteiger partial charge in [-0.2, -0.15) is 0 Å². The molecule has 0 radical (unpaired) electrons. The highest BCUT2D eigenvalue weighted by Gasteiger charge is 2.17. The SMILES string of the molecule is O=C(Nc1nnc(-c2ccc(F)cc2F)o1)c1cc(Cl)ccc1Cl. The van der Waals surface area contributed by atoms with Crippen LogP contribution in [-0.4, -0.2) is 16.1 Å². The van der Waals surface area contributed by atoms with Crippen LogP contribution in [0.4, 0.5) is 14.8 Å². The molecule has 3 aromatic rings. The minimum Gasteiger partial charge on any atom is -0.403 e. The van der Waals surface area contributed by atoms with E-state index in [1.54, 1.807) is 0 Å². The standard InChI is InChI=1S/C15H7Cl2F2N3O2/c16-7-1-4-11(17)10(5-7)13(23)20-15-22-21-14(24-15)9-3-2-8(18)6-12(9)19/h1-6H,(H,20,22,23). The molecule has 0 saturated heterocycles. The van der Waals surface area contributed by atoms with Crippen molar-refractivity contribution in [1.82, 2.24) is 10.2 Å². The van der Waals surface area contributed by atoms with Gasteiger partial charge in [0.15, 0.2) is 0 Å². The van der Waals surface area contributed by atoms with Gasteiger partial charge in [0.1, 0.15) is 11.6 Å². The molecule has 1 amide bonds. The minimum atomic E-state index is -0.866. The highest BCUT2D eigenvalue weighted by atomic mass is 35.5. The highest BCUT2D eigenvalue weighted by molar-refractivity contribution is 6.36. The summed E-state index contributed by atoms with van der Waals surface area (Å²) in [6.45, 7) is 0. The van der Waals surface area contributed by atoms with Crippen LogP contribution in [0.5, 0.6) is 0 Å². The molecule has 0 bridgehead atoms. The molecular formula is C15H7Cl2F2N3O2. The first-order valence-corrected chi connectivity index (χ1v) is 7.25. The Bertz CT molecular complexity index is 931. The average molecular weight is 370 g/mol. The number of aromatic nitrogens is 2. The van der Waals surface area contributed by atoms with Crippen LogP contribution in [0.2, 0.25) is 10.0 Å². The number of nitrogens with zero attached hydrogens (tertiary/aromatic N) is 2. The molecule has 0 fully saturated rings. The van der Waals surface area contributed by atoms with E-state index in [4.69, 9.17) is 27.6 Å². The molecule has 0 unspecified atom stereocenters. The van der Waals surface area contributed by atoms with Gasteiger partial charge in [-0.25, -0.2) is 8.78 Å². The molecule has 122 valence electrons. The number of anilines is 1. The van der Waals surface area contributed by atoms with Crippen LogP contribution in [0.1, 0.15) is 10.4 Å². The van der Waals surface area contributed by atoms with E-state index in [-0.39, 0.29) is 28.1 Å². The second kappa shape index (κ2) is 6.54. The Hall–Kier alpha value is -2.51. The molecule has 1 heterocycles. The third-order valence-electron chi connectivity index (χ3n) is 2.98. The summed E-state index contributed by atoms with van der Waals surface area (Å²) >= 11 is 11.7. The van der Waals surface area contributed by atoms with Gasteiger partial charge >= 0.3 is 6.01 Å². The van der Waals surface area contributed by atoms with Crippen LogP contribution in [-0.2, 0) is 0 Å². The van der Waals surface area contributed by atoms with Gasteiger partial charge in [-0.1, -0.05) is 28.3 Å². The first kappa shape index (κ1) is 16.4. The van der Waals surface area contributed by atoms with Gasteiger partial charge in [0.2, 0.25) is 0 Å². The van der Waals surface area contributed by atoms with Crippen molar-refractivity contribution in [3.8, 4) is 11.5 Å². The summed E-state index contributed by atoms with van der Waals surface area (Å²) in [5.74, 6) is -2.44. The highest BCUT2D eigenvalue weighted by Crippen LogP contribution is 2.25. The molecule has 2 aromatic carbocycles. The maximum atomic E-state index is 13.7. The summed E-state index contributed by atoms with van der Waals surface area (Å²) in [5, 5.41) is 10.0. The van der Waals surface area contributed by atoms with E-state index in [0.29, 0.717) is 11.1 Å². The molecule has 0 aliphatic carbocycles. The number of nitrogens with one attached hydrogen (secondary N) is 1. The molecule has 0 aliphatic heterocycles. The lowest BCUT2D eigenvalue weighted by molar-refractivity contribution is 0.102. The Labute approximate surface area is 144 Å². The van der Waals surface area contributed by atoms with E-state index >= 15 is 0 Å². The van der Waals surface area contributed by atoms with E-state index in [1.165, 1.54) is 18.2 Å². The monoisotopic (exact) mass is 369 g/mol. The molecule has 5 nitrogen and oxygen atoms in total. The van der Waals surface area contributed by atoms with Crippen LogP contribution in [0.3, 0.4) is 0 Å². The summed E-state index contributed by atoms with van der Waals surface area (Å²) in [6.07, 6.45) is 0. The Morgan fingerprint density at radius 2 is 1.88 bits per heavy atom. The predicted molar refractivity (Wildman–Crippen MR) is 84.1 cm³/mol. The van der Waals surface area contributed by atoms with Crippen molar-refractivity contribution >= 4 is 35.1 Å². The van der Waals surface area contributed by atoms with Crippen molar-refractivity contribution in [2.24, 2.45) is 0 Å². The van der Waals surface area contributed by atoms with Gasteiger partial charge in [-0.15, -0.1) is 5.10 Å². The van der Waals surface area contributed by atoms with E-state index in [1.807, 2.05) is 0 Å². The minimum absolute atomic E-state index is 0.0924. The number of carbonyl (C=O) groups excluding carboxylic acids is 1. The van der Waals surface area contributed by atoms with Crippen molar-refractivity contribution in [1.29, 1.82) is 0 Å². The van der Waals surface area contributed by atoms with E-state index < -0.39 is 17.5 Å². The fourth-order valence-corrected chi connectivity index (χ4v) is 2.26. The topological polar surface area (TPSA) is 68.0 Å². The van der Waals surface area contributed by atoms with Crippen LogP contribution in [0.25, 0.3) is 11.5 Å². The van der Waals surface area contributed by atoms with Crippen LogP contribution >= 0.6 is 23.2 Å². The van der Waals surface area contributed by atoms with E-state index in [0.717, 1.165) is 12.1 Å². The summed E-state index contributed by atoms with van der Waals surface area (Å²) in [7, 11) is 0. The van der Waals surface area contributed by atoms with Gasteiger partial charge in [0, 0.05) is 11.1 Å². The van der Waals surface area contributed by atoms with Crippen LogP contribution < -0.4 is 5.32 Å². The zero-order valence-electron chi connectivity index (χ0n) is 11.7. The number of rotatable bonds is 3. The first-order valence-electron chi connectivity index (χ1n) is 6.49. The molecule has 0 saturated carbocycles. The van der Waals surface area contributed by atoms with Crippen molar-refractivity contribution < 1.29 is 18.0 Å². The van der Waals surface area contributed by atoms with Crippen molar-refractivity contribution in [2.75, 3.05) is 5.32 Å². The number of hydrogen-bond acceptors (Lipinski definition) is 4. The van der Waals surface area contributed by atoms with Gasteiger partial charge in [0.05, 0.1) is 16.1 Å². The van der Waals surface area contributed by atoms with Gasteiger partial charge in [-0.05, 0) is 30.3 Å². The molecule has 9 heteroatoms. The zero-order chi connectivity index (χ0) is 17.3. The Kier molecular flexibility index (Phi) is 4.46. The third kappa shape index (κ3) is 3.37. The van der Waals surface area contributed by atoms with Crippen molar-refractivity contribution in [2.45, 2.75) is 0 Å². The molecular weight excluding hydrogens is 363 g/mol. The van der Waals surface area contributed by atoms with Crippen LogP contribution in [0.15, 0.2) is 40.8 Å². The lowest BCUT2D eigenvalue weighted by atomic mass is 10.2. The molecule has 3 rings (SSSR count). The summed E-state index contributed by atoms with van der Waals surface area (Å²) < 4.78 is 31.8. The third-order valence-corrected chi connectivity index (χ3v) is 3.54. The Morgan fingerprint density at radius 1 is 1.08 bits per heavy atom. The normalized spacial score (nSPS) is 10.7. The summed E-state index contributed by atoms with van der Waals surface area (Å²) in [6, 6.07) is 6.98. The fraction of sp³-hybridized carbons (Fsp3) is 0. The molecule has 0 aliphatic rings. The Balaban J connectivity index is 1.83.